The molecule has 1 aromatic rings. The molecule has 1 heterocycles. The van der Waals surface area contributed by atoms with Crippen LogP contribution in [0, 0.1) is 5.41 Å². The van der Waals surface area contributed by atoms with E-state index in [0.717, 1.165) is 16.8 Å². The number of fused-ring (bicyclic) bond motifs is 1. The number of anilines is 1. The number of esters is 1. The normalized spacial score (nSPS) is 28.2. The van der Waals surface area contributed by atoms with Gasteiger partial charge in [0.1, 0.15) is 17.3 Å². The van der Waals surface area contributed by atoms with Crippen LogP contribution in [0.15, 0.2) is 48.6 Å². The van der Waals surface area contributed by atoms with Crippen molar-refractivity contribution in [1.29, 1.82) is 0 Å². The molecule has 0 N–H and O–H groups in total. The van der Waals surface area contributed by atoms with Gasteiger partial charge in [-0.25, -0.2) is 0 Å². The van der Waals surface area contributed by atoms with Crippen molar-refractivity contribution in [3.63, 3.8) is 0 Å². The lowest BCUT2D eigenvalue weighted by Crippen LogP contribution is -2.71. The average molecular weight is 327 g/mol. The number of carbonyl (C=O) groups is 2. The molecule has 2 aliphatic rings. The van der Waals surface area contributed by atoms with E-state index >= 15 is 0 Å². The number of methoxy groups -OCH3 is 1. The highest BCUT2D eigenvalue weighted by Gasteiger charge is 2.70. The molecule has 3 rings (SSSR count). The van der Waals surface area contributed by atoms with E-state index in [1.54, 1.807) is 24.1 Å². The van der Waals surface area contributed by atoms with Gasteiger partial charge in [-0.1, -0.05) is 24.3 Å². The van der Waals surface area contributed by atoms with Crippen molar-refractivity contribution in [2.45, 2.75) is 32.4 Å². The number of amides is 1. The molecule has 0 unspecified atom stereocenters. The average Bonchev–Trinajstić information content (AvgIpc) is 2.76. The fourth-order valence-electron chi connectivity index (χ4n) is 3.97. The minimum Gasteiger partial charge on any atom is -0.497 e. The smallest absolute Gasteiger partial charge is 0.302 e. The van der Waals surface area contributed by atoms with Gasteiger partial charge in [-0.2, -0.15) is 0 Å². The quantitative estimate of drug-likeness (QED) is 0.485. The van der Waals surface area contributed by atoms with Gasteiger partial charge in [0, 0.05) is 19.0 Å². The van der Waals surface area contributed by atoms with Crippen LogP contribution in [0.4, 0.5) is 5.69 Å². The summed E-state index contributed by atoms with van der Waals surface area (Å²) in [5.41, 5.74) is 1.41. The largest absolute Gasteiger partial charge is 0.497 e. The number of benzene rings is 1. The summed E-state index contributed by atoms with van der Waals surface area (Å²) in [5.74, 6) is 0.286. The van der Waals surface area contributed by atoms with E-state index < -0.39 is 11.5 Å². The summed E-state index contributed by atoms with van der Waals surface area (Å²) in [5, 5.41) is 0. The van der Waals surface area contributed by atoms with E-state index in [2.05, 4.69) is 13.2 Å². The van der Waals surface area contributed by atoms with Gasteiger partial charge in [0.15, 0.2) is 0 Å². The Bertz CT molecular complexity index is 736. The highest BCUT2D eigenvalue weighted by Crippen LogP contribution is 2.59. The van der Waals surface area contributed by atoms with Crippen molar-refractivity contribution in [3.8, 4) is 5.75 Å². The SMILES string of the molecule is C=C(C)[C@]12C(=C)C[C@H](OC(C)=O)[C@H]1N(c1ccc(OC)cc1)C2=O. The summed E-state index contributed by atoms with van der Waals surface area (Å²) in [7, 11) is 1.59. The number of hydrogen-bond acceptors (Lipinski definition) is 4. The lowest BCUT2D eigenvalue weighted by Gasteiger charge is -2.54. The lowest BCUT2D eigenvalue weighted by molar-refractivity contribution is -0.151. The zero-order chi connectivity index (χ0) is 17.6. The third-order valence-corrected chi connectivity index (χ3v) is 4.98. The predicted molar refractivity (Wildman–Crippen MR) is 90.8 cm³/mol. The molecule has 1 saturated heterocycles. The second-order valence-corrected chi connectivity index (χ2v) is 6.36. The molecule has 0 radical (unpaired) electrons. The number of nitrogens with zero attached hydrogens (tertiary/aromatic N) is 1. The molecular weight excluding hydrogens is 306 g/mol. The Balaban J connectivity index is 2.02. The van der Waals surface area contributed by atoms with Crippen LogP contribution in [0.2, 0.25) is 0 Å². The molecule has 0 aromatic heterocycles. The summed E-state index contributed by atoms with van der Waals surface area (Å²) in [4.78, 5) is 26.2. The molecule has 2 fully saturated rings. The van der Waals surface area contributed by atoms with Crippen molar-refractivity contribution in [1.82, 2.24) is 0 Å². The molecule has 1 aromatic carbocycles. The third-order valence-electron chi connectivity index (χ3n) is 4.98. The van der Waals surface area contributed by atoms with Crippen molar-refractivity contribution in [3.05, 3.63) is 48.6 Å². The number of β-lactam (4-membered cyclic amide) rings is 1. The second-order valence-electron chi connectivity index (χ2n) is 6.36. The molecule has 3 atom stereocenters. The Labute approximate surface area is 141 Å². The van der Waals surface area contributed by atoms with Crippen LogP contribution in [0.25, 0.3) is 0 Å². The molecule has 0 spiro atoms. The van der Waals surface area contributed by atoms with E-state index in [1.165, 1.54) is 6.92 Å². The molecule has 1 amide bonds. The Hall–Kier alpha value is -2.56. The van der Waals surface area contributed by atoms with Gasteiger partial charge in [0.05, 0.1) is 13.2 Å². The fourth-order valence-corrected chi connectivity index (χ4v) is 3.97. The minimum absolute atomic E-state index is 0.0650. The van der Waals surface area contributed by atoms with Crippen molar-refractivity contribution in [2.75, 3.05) is 12.0 Å². The van der Waals surface area contributed by atoms with Crippen LogP contribution in [0.5, 0.6) is 5.75 Å². The molecule has 24 heavy (non-hydrogen) atoms. The Morgan fingerprint density at radius 3 is 2.42 bits per heavy atom. The van der Waals surface area contributed by atoms with Gasteiger partial charge < -0.3 is 14.4 Å². The summed E-state index contributed by atoms with van der Waals surface area (Å²) < 4.78 is 10.6. The number of ether oxygens (including phenoxy) is 2. The monoisotopic (exact) mass is 327 g/mol. The number of hydrogen-bond donors (Lipinski definition) is 0. The summed E-state index contributed by atoms with van der Waals surface area (Å²) in [6, 6.07) is 6.95. The zero-order valence-electron chi connectivity index (χ0n) is 14.2. The summed E-state index contributed by atoms with van der Waals surface area (Å²) >= 11 is 0. The highest BCUT2D eigenvalue weighted by molar-refractivity contribution is 6.11. The molecule has 1 aliphatic heterocycles. The van der Waals surface area contributed by atoms with Gasteiger partial charge in [0.25, 0.3) is 0 Å². The summed E-state index contributed by atoms with van der Waals surface area (Å²) in [6.07, 6.45) is 0.0571. The first-order valence-electron chi connectivity index (χ1n) is 7.83. The van der Waals surface area contributed by atoms with E-state index in [0.29, 0.717) is 12.2 Å². The van der Waals surface area contributed by atoms with Crippen LogP contribution in [0.3, 0.4) is 0 Å². The highest BCUT2D eigenvalue weighted by atomic mass is 16.5. The zero-order valence-corrected chi connectivity index (χ0v) is 14.2. The maximum atomic E-state index is 13.0. The number of rotatable bonds is 4. The Morgan fingerprint density at radius 1 is 1.29 bits per heavy atom. The van der Waals surface area contributed by atoms with Gasteiger partial charge >= 0.3 is 5.97 Å². The van der Waals surface area contributed by atoms with E-state index in [1.807, 2.05) is 19.1 Å². The van der Waals surface area contributed by atoms with Crippen LogP contribution in [-0.2, 0) is 14.3 Å². The Kier molecular flexibility index (Phi) is 3.74. The maximum Gasteiger partial charge on any atom is 0.302 e. The molecule has 126 valence electrons. The maximum absolute atomic E-state index is 13.0. The van der Waals surface area contributed by atoms with Crippen molar-refractivity contribution < 1.29 is 19.1 Å². The third kappa shape index (κ3) is 2.00. The van der Waals surface area contributed by atoms with Crippen LogP contribution >= 0.6 is 0 Å². The van der Waals surface area contributed by atoms with Gasteiger partial charge in [0.2, 0.25) is 5.91 Å². The van der Waals surface area contributed by atoms with Crippen molar-refractivity contribution in [2.24, 2.45) is 5.41 Å². The van der Waals surface area contributed by atoms with Gasteiger partial charge in [-0.3, -0.25) is 9.59 Å². The standard InChI is InChI=1S/C19H21NO4/c1-11(2)19-12(3)10-16(24-13(4)21)17(19)20(18(19)22)14-6-8-15(23-5)9-7-14/h6-9,16-17H,1,3,10H2,2,4-5H3/t16-,17+,19-/m0/s1. The van der Waals surface area contributed by atoms with Crippen LogP contribution in [0.1, 0.15) is 20.3 Å². The van der Waals surface area contributed by atoms with Crippen LogP contribution in [-0.4, -0.2) is 31.1 Å². The molecule has 1 saturated carbocycles. The number of carbonyl (C=O) groups excluding carboxylic acids is 2. The second kappa shape index (κ2) is 5.51. The summed E-state index contributed by atoms with van der Waals surface area (Å²) in [6.45, 7) is 11.3. The first kappa shape index (κ1) is 16.3. The van der Waals surface area contributed by atoms with Gasteiger partial charge in [-0.15, -0.1) is 0 Å². The van der Waals surface area contributed by atoms with E-state index in [9.17, 15) is 9.59 Å². The minimum atomic E-state index is -0.833. The van der Waals surface area contributed by atoms with Crippen molar-refractivity contribution >= 4 is 17.6 Å². The molecule has 0 bridgehead atoms. The molecule has 5 nitrogen and oxygen atoms in total. The van der Waals surface area contributed by atoms with E-state index in [-0.39, 0.29) is 17.9 Å². The predicted octanol–water partition coefficient (Wildman–Crippen LogP) is 2.86. The van der Waals surface area contributed by atoms with Gasteiger partial charge in [-0.05, 0) is 31.2 Å². The fraction of sp³-hybridized carbons (Fsp3) is 0.368. The molecule has 1 aliphatic carbocycles. The Morgan fingerprint density at radius 2 is 1.92 bits per heavy atom. The first-order chi connectivity index (χ1) is 11.3. The lowest BCUT2D eigenvalue weighted by atomic mass is 9.65. The topological polar surface area (TPSA) is 55.8 Å². The molecule has 5 heteroatoms. The van der Waals surface area contributed by atoms with E-state index in [4.69, 9.17) is 9.47 Å². The van der Waals surface area contributed by atoms with Crippen LogP contribution < -0.4 is 9.64 Å². The first-order valence-corrected chi connectivity index (χ1v) is 7.83. The molecular formula is C19H21NO4.